The van der Waals surface area contributed by atoms with E-state index in [1.165, 1.54) is 18.3 Å². The molecule has 3 aromatic carbocycles. The molecule has 0 spiro atoms. The number of anilines is 3. The number of fused-ring (bicyclic) bond motifs is 2. The first kappa shape index (κ1) is 29.4. The second-order valence-corrected chi connectivity index (χ2v) is 11.5. The summed E-state index contributed by atoms with van der Waals surface area (Å²) in [5.74, 6) is -0.0793. The molecule has 2 saturated heterocycles. The quantitative estimate of drug-likeness (QED) is 0.177. The number of carbonyl (C=O) groups excluding carboxylic acids is 1. The maximum Gasteiger partial charge on any atom is 0.248 e. The molecule has 2 fully saturated rings. The van der Waals surface area contributed by atoms with E-state index in [0.29, 0.717) is 53.3 Å². The van der Waals surface area contributed by atoms with Gasteiger partial charge in [0.2, 0.25) is 5.91 Å². The molecule has 5 aromatic rings. The summed E-state index contributed by atoms with van der Waals surface area (Å²) < 4.78 is 27.3. The lowest BCUT2D eigenvalue weighted by Crippen LogP contribution is -2.20. The van der Waals surface area contributed by atoms with E-state index in [9.17, 15) is 14.4 Å². The average molecular weight is 618 g/mol. The summed E-state index contributed by atoms with van der Waals surface area (Å²) >= 11 is 0. The highest BCUT2D eigenvalue weighted by Gasteiger charge is 2.22. The number of benzene rings is 3. The number of nitrogens with one attached hydrogen (secondary N) is 3. The summed E-state index contributed by atoms with van der Waals surface area (Å²) in [6.45, 7) is 2.45. The van der Waals surface area contributed by atoms with Gasteiger partial charge in [-0.1, -0.05) is 18.2 Å². The van der Waals surface area contributed by atoms with Gasteiger partial charge in [-0.15, -0.1) is 0 Å². The van der Waals surface area contributed by atoms with Crippen LogP contribution in [-0.4, -0.2) is 52.6 Å². The number of aromatic nitrogens is 3. The smallest absolute Gasteiger partial charge is 0.248 e. The number of ether oxygens (including phenoxy) is 2. The monoisotopic (exact) mass is 617 g/mol. The lowest BCUT2D eigenvalue weighted by Gasteiger charge is -2.18. The molecule has 2 aliphatic heterocycles. The van der Waals surface area contributed by atoms with Crippen LogP contribution in [0.2, 0.25) is 0 Å². The van der Waals surface area contributed by atoms with Crippen molar-refractivity contribution >= 4 is 44.8 Å². The second kappa shape index (κ2) is 13.0. The molecule has 10 nitrogen and oxygen atoms in total. The Labute approximate surface area is 264 Å². The number of amides is 1. The van der Waals surface area contributed by atoms with Crippen LogP contribution in [0.4, 0.5) is 21.5 Å². The molecular formula is C35H32FN7O3. The van der Waals surface area contributed by atoms with Gasteiger partial charge >= 0.3 is 0 Å². The van der Waals surface area contributed by atoms with Gasteiger partial charge in [-0.25, -0.2) is 4.39 Å². The Morgan fingerprint density at radius 2 is 2.13 bits per heavy atom. The highest BCUT2D eigenvalue weighted by Crippen LogP contribution is 2.37. The molecule has 2 aliphatic rings. The molecule has 0 radical (unpaired) electrons. The molecule has 0 aliphatic carbocycles. The fourth-order valence-electron chi connectivity index (χ4n) is 5.92. The third kappa shape index (κ3) is 6.40. The summed E-state index contributed by atoms with van der Waals surface area (Å²) in [7, 11) is 0. The normalized spacial score (nSPS) is 17.9. The highest BCUT2D eigenvalue weighted by atomic mass is 19.1. The minimum Gasteiger partial charge on any atom is -0.486 e. The third-order valence-corrected chi connectivity index (χ3v) is 8.24. The number of hydrogen-bond donors (Lipinski definition) is 3. The van der Waals surface area contributed by atoms with Crippen molar-refractivity contribution in [2.24, 2.45) is 0 Å². The van der Waals surface area contributed by atoms with E-state index in [4.69, 9.17) is 9.47 Å². The molecule has 0 saturated carbocycles. The standard InChI is InChI=1S/C35H32FN7O3/c36-25-4-1-3-22(13-25)20-43-32-8-6-27(14-23(32)19-40-43)41-35-24(17-37)18-39-30-16-33(46-28-10-12-45-21-28)31(15-29(30)35)42-34(44)9-7-26-5-2-11-38-26/h1,3-4,6-9,13-16,18-19,26,28,38H,2,5,10-12,20-21H2,(H,39,41)(H,42,44)/b9-7+/t26?,28-/m0/s1. The van der Waals surface area contributed by atoms with Crippen molar-refractivity contribution in [1.82, 2.24) is 20.1 Å². The van der Waals surface area contributed by atoms with Gasteiger partial charge in [-0.3, -0.25) is 14.5 Å². The molecule has 1 unspecified atom stereocenters. The average Bonchev–Trinajstić information content (AvgIpc) is 3.84. The van der Waals surface area contributed by atoms with Crippen LogP contribution in [0.15, 0.2) is 79.1 Å². The maximum atomic E-state index is 13.7. The fourth-order valence-corrected chi connectivity index (χ4v) is 5.92. The molecule has 3 N–H and O–H groups in total. The number of hydrogen-bond acceptors (Lipinski definition) is 8. The molecule has 0 bridgehead atoms. The van der Waals surface area contributed by atoms with E-state index >= 15 is 0 Å². The lowest BCUT2D eigenvalue weighted by molar-refractivity contribution is -0.111. The number of pyridine rings is 1. The molecule has 1 amide bonds. The van der Waals surface area contributed by atoms with E-state index < -0.39 is 0 Å². The molecule has 232 valence electrons. The van der Waals surface area contributed by atoms with Crippen molar-refractivity contribution in [3.05, 3.63) is 96.1 Å². The Morgan fingerprint density at radius 3 is 2.93 bits per heavy atom. The van der Waals surface area contributed by atoms with Gasteiger partial charge in [-0.05, 0) is 61.3 Å². The summed E-state index contributed by atoms with van der Waals surface area (Å²) in [6.07, 6.45) is 9.39. The third-order valence-electron chi connectivity index (χ3n) is 8.24. The van der Waals surface area contributed by atoms with E-state index in [-0.39, 0.29) is 23.9 Å². The van der Waals surface area contributed by atoms with Gasteiger partial charge < -0.3 is 25.4 Å². The molecule has 4 heterocycles. The van der Waals surface area contributed by atoms with Crippen LogP contribution in [0.5, 0.6) is 5.75 Å². The first-order valence-corrected chi connectivity index (χ1v) is 15.3. The van der Waals surface area contributed by atoms with Gasteiger partial charge in [0, 0.05) is 47.3 Å². The predicted molar refractivity (Wildman–Crippen MR) is 174 cm³/mol. The number of nitrogens with zero attached hydrogens (tertiary/aromatic N) is 4. The number of halogens is 1. The van der Waals surface area contributed by atoms with Crippen molar-refractivity contribution in [3.8, 4) is 11.8 Å². The highest BCUT2D eigenvalue weighted by molar-refractivity contribution is 6.05. The van der Waals surface area contributed by atoms with Crippen LogP contribution in [-0.2, 0) is 16.1 Å². The minimum absolute atomic E-state index is 0.143. The molecule has 7 rings (SSSR count). The van der Waals surface area contributed by atoms with Crippen LogP contribution in [0, 0.1) is 17.1 Å². The maximum absolute atomic E-state index is 13.7. The van der Waals surface area contributed by atoms with Crippen molar-refractivity contribution in [2.75, 3.05) is 30.4 Å². The van der Waals surface area contributed by atoms with E-state index in [1.807, 2.05) is 35.0 Å². The van der Waals surface area contributed by atoms with Crippen LogP contribution in [0.1, 0.15) is 30.4 Å². The molecule has 2 aromatic heterocycles. The van der Waals surface area contributed by atoms with Crippen molar-refractivity contribution in [1.29, 1.82) is 5.26 Å². The van der Waals surface area contributed by atoms with Gasteiger partial charge in [-0.2, -0.15) is 10.4 Å². The van der Waals surface area contributed by atoms with Gasteiger partial charge in [0.25, 0.3) is 0 Å². The Kier molecular flexibility index (Phi) is 8.29. The topological polar surface area (TPSA) is 126 Å². The summed E-state index contributed by atoms with van der Waals surface area (Å²) in [5.41, 5.74) is 4.41. The number of nitriles is 1. The van der Waals surface area contributed by atoms with Crippen LogP contribution in [0.3, 0.4) is 0 Å². The number of rotatable bonds is 9. The van der Waals surface area contributed by atoms with Gasteiger partial charge in [0.1, 0.15) is 23.7 Å². The minimum atomic E-state index is -0.287. The molecule has 2 atom stereocenters. The molecular weight excluding hydrogens is 585 g/mol. The predicted octanol–water partition coefficient (Wildman–Crippen LogP) is 5.80. The van der Waals surface area contributed by atoms with Crippen molar-refractivity contribution in [3.63, 3.8) is 0 Å². The van der Waals surface area contributed by atoms with Gasteiger partial charge in [0.05, 0.1) is 53.9 Å². The summed E-state index contributed by atoms with van der Waals surface area (Å²) in [5, 5.41) is 25.8. The zero-order valence-electron chi connectivity index (χ0n) is 25.0. The first-order valence-electron chi connectivity index (χ1n) is 15.3. The van der Waals surface area contributed by atoms with Crippen LogP contribution in [0.25, 0.3) is 21.8 Å². The van der Waals surface area contributed by atoms with Crippen LogP contribution < -0.4 is 20.7 Å². The van der Waals surface area contributed by atoms with Crippen molar-refractivity contribution < 1.29 is 18.7 Å². The van der Waals surface area contributed by atoms with Crippen LogP contribution >= 0.6 is 0 Å². The Bertz CT molecular complexity index is 1990. The largest absolute Gasteiger partial charge is 0.486 e. The van der Waals surface area contributed by atoms with E-state index in [0.717, 1.165) is 48.0 Å². The molecule has 46 heavy (non-hydrogen) atoms. The first-order chi connectivity index (χ1) is 22.5. The SMILES string of the molecule is N#Cc1cnc2cc(O[C@H]3CCOC3)c(NC(=O)/C=C/C3CCCN3)cc2c1Nc1ccc2c(cnn2Cc2cccc(F)c2)c1. The Balaban J connectivity index is 1.21. The van der Waals surface area contributed by atoms with Gasteiger partial charge in [0.15, 0.2) is 0 Å². The lowest BCUT2D eigenvalue weighted by atomic mass is 10.1. The Hall–Kier alpha value is -5.31. The number of carbonyl (C=O) groups is 1. The summed E-state index contributed by atoms with van der Waals surface area (Å²) in [6, 6.07) is 18.3. The Morgan fingerprint density at radius 1 is 1.20 bits per heavy atom. The van der Waals surface area contributed by atoms with Crippen molar-refractivity contribution in [2.45, 2.75) is 38.0 Å². The zero-order valence-corrected chi connectivity index (χ0v) is 25.0. The zero-order chi connectivity index (χ0) is 31.5. The second-order valence-electron chi connectivity index (χ2n) is 11.5. The molecule has 11 heteroatoms. The van der Waals surface area contributed by atoms with E-state index in [2.05, 4.69) is 32.1 Å². The van der Waals surface area contributed by atoms with E-state index in [1.54, 1.807) is 30.5 Å². The fraction of sp³-hybridized carbons (Fsp3) is 0.257. The summed E-state index contributed by atoms with van der Waals surface area (Å²) in [4.78, 5) is 17.6.